The van der Waals surface area contributed by atoms with Crippen molar-refractivity contribution in [3.63, 3.8) is 0 Å². The van der Waals surface area contributed by atoms with Crippen LogP contribution in [0.15, 0.2) is 61.1 Å². The molecule has 20 heavy (non-hydrogen) atoms. The quantitative estimate of drug-likeness (QED) is 0.304. The third-order valence-corrected chi connectivity index (χ3v) is 4.17. The number of hydrogen-bond acceptors (Lipinski definition) is 1. The standard InChI is InChI=1S/C18H10N2/c1-3-11-6-7-12-9-19-10-15-13-5-2-8-20-18(13)14(4-1)16(11)17(12)15/h1-10H/p+1. The van der Waals surface area contributed by atoms with Crippen LogP contribution in [-0.4, -0.2) is 4.98 Å². The number of benzene rings is 3. The summed E-state index contributed by atoms with van der Waals surface area (Å²) in [6, 6.07) is 15.0. The Morgan fingerprint density at radius 2 is 1.55 bits per heavy atom. The van der Waals surface area contributed by atoms with Crippen LogP contribution >= 0.6 is 0 Å². The molecule has 5 rings (SSSR count). The molecule has 0 bridgehead atoms. The molecule has 1 N–H and O–H groups in total. The molecule has 3 aromatic carbocycles. The second-order valence-corrected chi connectivity index (χ2v) is 5.20. The molecule has 92 valence electrons. The Hall–Kier alpha value is -2.74. The van der Waals surface area contributed by atoms with Gasteiger partial charge in [-0.05, 0) is 22.9 Å². The van der Waals surface area contributed by atoms with E-state index in [0.29, 0.717) is 0 Å². The summed E-state index contributed by atoms with van der Waals surface area (Å²) in [6.07, 6.45) is 6.02. The minimum absolute atomic E-state index is 1.08. The average molecular weight is 255 g/mol. The van der Waals surface area contributed by atoms with E-state index in [9.17, 15) is 0 Å². The lowest BCUT2D eigenvalue weighted by Crippen LogP contribution is -2.00. The summed E-state index contributed by atoms with van der Waals surface area (Å²) < 4.78 is 0. The van der Waals surface area contributed by atoms with Crippen LogP contribution in [0.5, 0.6) is 0 Å². The van der Waals surface area contributed by atoms with Gasteiger partial charge in [0.25, 0.3) is 0 Å². The molecule has 0 atom stereocenters. The maximum absolute atomic E-state index is 4.62. The van der Waals surface area contributed by atoms with Gasteiger partial charge in [-0.1, -0.05) is 30.3 Å². The van der Waals surface area contributed by atoms with Gasteiger partial charge in [-0.3, -0.25) is 4.98 Å². The first-order chi connectivity index (χ1) is 9.93. The first kappa shape index (κ1) is 10.1. The van der Waals surface area contributed by atoms with Gasteiger partial charge in [0.05, 0.1) is 10.9 Å². The lowest BCUT2D eigenvalue weighted by atomic mass is 9.93. The van der Waals surface area contributed by atoms with Crippen molar-refractivity contribution in [3.05, 3.63) is 61.1 Å². The molecule has 0 unspecified atom stereocenters. The van der Waals surface area contributed by atoms with Crippen molar-refractivity contribution in [2.45, 2.75) is 0 Å². The fraction of sp³-hybridized carbons (Fsp3) is 0. The number of aromatic amines is 1. The van der Waals surface area contributed by atoms with Gasteiger partial charge in [0.15, 0.2) is 12.4 Å². The average Bonchev–Trinajstić information content (AvgIpc) is 2.53. The maximum Gasteiger partial charge on any atom is 0.175 e. The van der Waals surface area contributed by atoms with Gasteiger partial charge in [0, 0.05) is 27.7 Å². The van der Waals surface area contributed by atoms with Gasteiger partial charge in [-0.25, -0.2) is 4.98 Å². The van der Waals surface area contributed by atoms with Crippen molar-refractivity contribution in [3.8, 4) is 0 Å². The molecule has 0 aliphatic rings. The fourth-order valence-corrected chi connectivity index (χ4v) is 3.34. The van der Waals surface area contributed by atoms with E-state index in [1.807, 2.05) is 12.3 Å². The Morgan fingerprint density at radius 1 is 0.700 bits per heavy atom. The molecule has 2 heterocycles. The van der Waals surface area contributed by atoms with Crippen LogP contribution in [0.3, 0.4) is 0 Å². The predicted octanol–water partition coefficient (Wildman–Crippen LogP) is 3.95. The topological polar surface area (TPSA) is 27.0 Å². The van der Waals surface area contributed by atoms with Gasteiger partial charge in [-0.15, -0.1) is 0 Å². The summed E-state index contributed by atoms with van der Waals surface area (Å²) >= 11 is 0. The maximum atomic E-state index is 4.62. The minimum atomic E-state index is 1.08. The molecule has 0 aliphatic carbocycles. The Morgan fingerprint density at radius 3 is 2.55 bits per heavy atom. The number of nitrogens with zero attached hydrogens (tertiary/aromatic N) is 1. The van der Waals surface area contributed by atoms with Crippen molar-refractivity contribution in [1.82, 2.24) is 4.98 Å². The van der Waals surface area contributed by atoms with E-state index in [1.165, 1.54) is 37.7 Å². The molecule has 0 amide bonds. The summed E-state index contributed by atoms with van der Waals surface area (Å²) in [5.41, 5.74) is 1.08. The van der Waals surface area contributed by atoms with Crippen molar-refractivity contribution >= 4 is 43.2 Å². The number of aromatic nitrogens is 2. The van der Waals surface area contributed by atoms with Gasteiger partial charge in [-0.2, -0.15) is 0 Å². The molecule has 0 saturated carbocycles. The predicted molar refractivity (Wildman–Crippen MR) is 82.0 cm³/mol. The highest BCUT2D eigenvalue weighted by Gasteiger charge is 2.14. The van der Waals surface area contributed by atoms with Crippen LogP contribution in [0.25, 0.3) is 43.2 Å². The van der Waals surface area contributed by atoms with E-state index in [4.69, 9.17) is 0 Å². The lowest BCUT2D eigenvalue weighted by Gasteiger charge is -2.11. The van der Waals surface area contributed by atoms with Gasteiger partial charge < -0.3 is 0 Å². The third-order valence-electron chi connectivity index (χ3n) is 4.17. The van der Waals surface area contributed by atoms with E-state index in [2.05, 4.69) is 58.8 Å². The molecule has 0 aliphatic heterocycles. The van der Waals surface area contributed by atoms with Gasteiger partial charge >= 0.3 is 0 Å². The van der Waals surface area contributed by atoms with Gasteiger partial charge in [0.2, 0.25) is 0 Å². The van der Waals surface area contributed by atoms with Crippen molar-refractivity contribution in [2.24, 2.45) is 0 Å². The molecule has 2 heteroatoms. The first-order valence-electron chi connectivity index (χ1n) is 6.75. The Balaban J connectivity index is 2.33. The number of hydrogen-bond donors (Lipinski definition) is 0. The van der Waals surface area contributed by atoms with Crippen molar-refractivity contribution < 1.29 is 4.98 Å². The Kier molecular flexibility index (Phi) is 1.73. The molecule has 0 saturated heterocycles. The molecule has 0 radical (unpaired) electrons. The fourth-order valence-electron chi connectivity index (χ4n) is 3.34. The van der Waals surface area contributed by atoms with E-state index >= 15 is 0 Å². The second-order valence-electron chi connectivity index (χ2n) is 5.20. The third kappa shape index (κ3) is 1.09. The molecule has 0 spiro atoms. The Bertz CT molecular complexity index is 1010. The van der Waals surface area contributed by atoms with Crippen LogP contribution in [0, 0.1) is 0 Å². The van der Waals surface area contributed by atoms with Crippen LogP contribution in [-0.2, 0) is 0 Å². The largest absolute Gasteiger partial charge is 0.256 e. The number of pyridine rings is 2. The van der Waals surface area contributed by atoms with Crippen LogP contribution in [0.4, 0.5) is 0 Å². The Labute approximate surface area is 115 Å². The normalized spacial score (nSPS) is 12.0. The molecular weight excluding hydrogens is 244 g/mol. The van der Waals surface area contributed by atoms with Crippen molar-refractivity contribution in [2.75, 3.05) is 0 Å². The number of H-pyrrole nitrogens is 1. The highest BCUT2D eigenvalue weighted by Crippen LogP contribution is 2.38. The van der Waals surface area contributed by atoms with Gasteiger partial charge in [0.1, 0.15) is 0 Å². The molecule has 2 aromatic heterocycles. The zero-order valence-electron chi connectivity index (χ0n) is 10.7. The number of nitrogens with one attached hydrogen (secondary N) is 1. The highest BCUT2D eigenvalue weighted by atomic mass is 14.7. The summed E-state index contributed by atoms with van der Waals surface area (Å²) in [7, 11) is 0. The summed E-state index contributed by atoms with van der Waals surface area (Å²) in [5, 5.41) is 8.87. The minimum Gasteiger partial charge on any atom is -0.256 e. The van der Waals surface area contributed by atoms with Crippen molar-refractivity contribution in [1.29, 1.82) is 0 Å². The smallest absolute Gasteiger partial charge is 0.175 e. The number of fused-ring (bicyclic) bond motifs is 3. The number of rotatable bonds is 0. The lowest BCUT2D eigenvalue weighted by molar-refractivity contribution is -0.374. The zero-order valence-corrected chi connectivity index (χ0v) is 10.7. The molecular formula is C18H11N2+. The van der Waals surface area contributed by atoms with E-state index in [0.717, 1.165) is 5.52 Å². The summed E-state index contributed by atoms with van der Waals surface area (Å²) in [6.45, 7) is 0. The molecule has 2 nitrogen and oxygen atoms in total. The highest BCUT2D eigenvalue weighted by molar-refractivity contribution is 6.32. The zero-order chi connectivity index (χ0) is 13.1. The molecule has 0 fully saturated rings. The van der Waals surface area contributed by atoms with E-state index < -0.39 is 0 Å². The SMILES string of the molecule is c1cnc2c(c1)c1c[nH+]cc3ccc4cccc2c4c31. The van der Waals surface area contributed by atoms with Crippen LogP contribution in [0.1, 0.15) is 0 Å². The first-order valence-corrected chi connectivity index (χ1v) is 6.75. The van der Waals surface area contributed by atoms with E-state index in [-0.39, 0.29) is 0 Å². The van der Waals surface area contributed by atoms with Crippen LogP contribution in [0.2, 0.25) is 0 Å². The van der Waals surface area contributed by atoms with E-state index in [1.54, 1.807) is 0 Å². The summed E-state index contributed by atoms with van der Waals surface area (Å²) in [4.78, 5) is 7.88. The van der Waals surface area contributed by atoms with Crippen LogP contribution < -0.4 is 4.98 Å². The molecule has 5 aromatic rings. The monoisotopic (exact) mass is 255 g/mol. The summed E-state index contributed by atoms with van der Waals surface area (Å²) in [5.74, 6) is 0. The second kappa shape index (κ2) is 3.42.